The van der Waals surface area contributed by atoms with Gasteiger partial charge in [-0.15, -0.1) is 0 Å². The number of aromatic nitrogens is 7. The number of fused-ring (bicyclic) bond motifs is 2. The average molecular weight is 520 g/mol. The molecular formula is C28H25N9O2. The van der Waals surface area contributed by atoms with Crippen molar-refractivity contribution in [3.8, 4) is 33.9 Å². The average Bonchev–Trinajstić information content (AvgIpc) is 3.73. The largest absolute Gasteiger partial charge is 0.472 e. The van der Waals surface area contributed by atoms with Crippen LogP contribution < -0.4 is 10.6 Å². The number of carbonyl (C=O) groups excluding carboxylic acids is 1. The SMILES string of the molecule is O=C(CC1CCNCC1)Nc1cncc(-c2ccc3[nH]nc(-c4nc5c(-c6ccoc6)ccnc5[nH]4)c3n2)c1. The quantitative estimate of drug-likeness (QED) is 0.250. The molecule has 1 fully saturated rings. The molecule has 1 saturated heterocycles. The van der Waals surface area contributed by atoms with Crippen molar-refractivity contribution in [3.05, 3.63) is 61.4 Å². The van der Waals surface area contributed by atoms with Crippen LogP contribution in [0.4, 0.5) is 5.69 Å². The number of aromatic amines is 2. The number of amides is 1. The third kappa shape index (κ3) is 4.53. The lowest BCUT2D eigenvalue weighted by Crippen LogP contribution is -2.30. The summed E-state index contributed by atoms with van der Waals surface area (Å²) in [4.78, 5) is 34.4. The number of H-pyrrole nitrogens is 2. The van der Waals surface area contributed by atoms with Crippen LogP contribution in [0.3, 0.4) is 0 Å². The van der Waals surface area contributed by atoms with Gasteiger partial charge in [0.05, 0.1) is 35.6 Å². The Bertz CT molecular complexity index is 1780. The van der Waals surface area contributed by atoms with Gasteiger partial charge in [-0.25, -0.2) is 15.0 Å². The van der Waals surface area contributed by atoms with E-state index in [0.717, 1.165) is 53.7 Å². The number of piperidine rings is 1. The molecular weight excluding hydrogens is 494 g/mol. The number of anilines is 1. The molecule has 0 atom stereocenters. The Kier molecular flexibility index (Phi) is 5.82. The highest BCUT2D eigenvalue weighted by atomic mass is 16.3. The minimum Gasteiger partial charge on any atom is -0.472 e. The Hall–Kier alpha value is -4.90. The molecule has 11 nitrogen and oxygen atoms in total. The van der Waals surface area contributed by atoms with E-state index >= 15 is 0 Å². The lowest BCUT2D eigenvalue weighted by atomic mass is 9.94. The number of rotatable bonds is 6. The summed E-state index contributed by atoms with van der Waals surface area (Å²) in [6.45, 7) is 1.93. The van der Waals surface area contributed by atoms with Crippen LogP contribution >= 0.6 is 0 Å². The maximum absolute atomic E-state index is 12.6. The van der Waals surface area contributed by atoms with Crippen molar-refractivity contribution in [1.82, 2.24) is 40.4 Å². The van der Waals surface area contributed by atoms with E-state index in [1.165, 1.54) is 0 Å². The summed E-state index contributed by atoms with van der Waals surface area (Å²) in [7, 11) is 0. The van der Waals surface area contributed by atoms with Crippen molar-refractivity contribution >= 4 is 33.8 Å². The number of furan rings is 1. The molecule has 7 rings (SSSR count). The second-order valence-electron chi connectivity index (χ2n) is 9.73. The summed E-state index contributed by atoms with van der Waals surface area (Å²) in [5.74, 6) is 0.978. The monoisotopic (exact) mass is 519 g/mol. The fourth-order valence-electron chi connectivity index (χ4n) is 5.11. The van der Waals surface area contributed by atoms with Gasteiger partial charge in [0.25, 0.3) is 0 Å². The smallest absolute Gasteiger partial charge is 0.224 e. The zero-order valence-corrected chi connectivity index (χ0v) is 20.9. The molecule has 1 amide bonds. The molecule has 4 N–H and O–H groups in total. The lowest BCUT2D eigenvalue weighted by Gasteiger charge is -2.21. The standard InChI is InChI=1S/C28H25N9O2/c38-23(11-16-3-7-29-8-4-16)32-19-12-18(13-30-14-19)21-1-2-22-25(33-21)26(37-36-22)28-34-24-20(17-6-10-39-15-17)5-9-31-27(24)35-28/h1-2,5-6,9-10,12-16,29H,3-4,7-8,11H2,(H,32,38)(H,36,37)(H,31,34,35). The summed E-state index contributed by atoms with van der Waals surface area (Å²) < 4.78 is 5.26. The highest BCUT2D eigenvalue weighted by Crippen LogP contribution is 2.31. The van der Waals surface area contributed by atoms with Crippen LogP contribution in [0.1, 0.15) is 19.3 Å². The molecule has 1 aliphatic rings. The summed E-state index contributed by atoms with van der Waals surface area (Å²) >= 11 is 0. The van der Waals surface area contributed by atoms with Crippen molar-refractivity contribution in [2.24, 2.45) is 5.92 Å². The zero-order valence-electron chi connectivity index (χ0n) is 20.9. The molecule has 0 aliphatic carbocycles. The maximum Gasteiger partial charge on any atom is 0.224 e. The predicted molar refractivity (Wildman–Crippen MR) is 147 cm³/mol. The van der Waals surface area contributed by atoms with E-state index in [4.69, 9.17) is 14.4 Å². The number of hydrogen-bond donors (Lipinski definition) is 4. The zero-order chi connectivity index (χ0) is 26.2. The molecule has 11 heteroatoms. The topological polar surface area (TPSA) is 150 Å². The second-order valence-corrected chi connectivity index (χ2v) is 9.73. The van der Waals surface area contributed by atoms with Gasteiger partial charge in [0.15, 0.2) is 17.2 Å². The number of carbonyl (C=O) groups is 1. The van der Waals surface area contributed by atoms with Crippen molar-refractivity contribution in [2.45, 2.75) is 19.3 Å². The van der Waals surface area contributed by atoms with E-state index in [-0.39, 0.29) is 5.91 Å². The predicted octanol–water partition coefficient (Wildman–Crippen LogP) is 4.55. The van der Waals surface area contributed by atoms with Gasteiger partial charge < -0.3 is 20.0 Å². The van der Waals surface area contributed by atoms with E-state index < -0.39 is 0 Å². The Morgan fingerprint density at radius 3 is 2.85 bits per heavy atom. The maximum atomic E-state index is 12.6. The first kappa shape index (κ1) is 23.2. The van der Waals surface area contributed by atoms with Gasteiger partial charge in [-0.05, 0) is 62.2 Å². The molecule has 0 spiro atoms. The lowest BCUT2D eigenvalue weighted by molar-refractivity contribution is -0.117. The first-order valence-electron chi connectivity index (χ1n) is 12.9. The van der Waals surface area contributed by atoms with E-state index in [2.05, 4.69) is 35.8 Å². The highest BCUT2D eigenvalue weighted by molar-refractivity contribution is 5.95. The Labute approximate surface area is 222 Å². The van der Waals surface area contributed by atoms with E-state index in [9.17, 15) is 4.79 Å². The first-order valence-corrected chi connectivity index (χ1v) is 12.9. The Morgan fingerprint density at radius 1 is 1.05 bits per heavy atom. The molecule has 0 bridgehead atoms. The van der Waals surface area contributed by atoms with Crippen LogP contribution in [0, 0.1) is 5.92 Å². The number of imidazole rings is 1. The van der Waals surface area contributed by atoms with Crippen molar-refractivity contribution in [2.75, 3.05) is 18.4 Å². The normalized spacial score (nSPS) is 14.3. The summed E-state index contributed by atoms with van der Waals surface area (Å²) in [5.41, 5.74) is 7.37. The number of hydrogen-bond acceptors (Lipinski definition) is 8. The third-order valence-corrected chi connectivity index (χ3v) is 7.10. The third-order valence-electron chi connectivity index (χ3n) is 7.10. The molecule has 0 saturated carbocycles. The van der Waals surface area contributed by atoms with Gasteiger partial charge >= 0.3 is 0 Å². The molecule has 7 heterocycles. The van der Waals surface area contributed by atoms with E-state index in [0.29, 0.717) is 46.4 Å². The van der Waals surface area contributed by atoms with E-state index in [1.54, 1.807) is 31.1 Å². The van der Waals surface area contributed by atoms with Gasteiger partial charge in [0.1, 0.15) is 11.0 Å². The number of nitrogens with zero attached hydrogens (tertiary/aromatic N) is 5. The number of pyridine rings is 3. The van der Waals surface area contributed by atoms with Crippen molar-refractivity contribution < 1.29 is 9.21 Å². The van der Waals surface area contributed by atoms with Gasteiger partial charge in [-0.3, -0.25) is 14.9 Å². The van der Waals surface area contributed by atoms with Crippen LogP contribution in [-0.2, 0) is 4.79 Å². The van der Waals surface area contributed by atoms with Crippen LogP contribution in [0.5, 0.6) is 0 Å². The molecule has 1 aliphatic heterocycles. The molecule has 6 aromatic rings. The summed E-state index contributed by atoms with van der Waals surface area (Å²) in [6, 6.07) is 9.51. The number of nitrogens with one attached hydrogen (secondary N) is 4. The van der Waals surface area contributed by atoms with Gasteiger partial charge in [0, 0.05) is 35.5 Å². The molecule has 0 radical (unpaired) electrons. The molecule has 0 unspecified atom stereocenters. The van der Waals surface area contributed by atoms with Gasteiger partial charge in [0.2, 0.25) is 5.91 Å². The van der Waals surface area contributed by atoms with Crippen LogP contribution in [-0.4, -0.2) is 54.1 Å². The molecule has 0 aromatic carbocycles. The molecule has 194 valence electrons. The van der Waals surface area contributed by atoms with Gasteiger partial charge in [-0.1, -0.05) is 0 Å². The Morgan fingerprint density at radius 2 is 1.97 bits per heavy atom. The van der Waals surface area contributed by atoms with Crippen LogP contribution in [0.15, 0.2) is 65.9 Å². The van der Waals surface area contributed by atoms with Crippen molar-refractivity contribution in [1.29, 1.82) is 0 Å². The Balaban J connectivity index is 1.19. The summed E-state index contributed by atoms with van der Waals surface area (Å²) in [5, 5.41) is 13.9. The van der Waals surface area contributed by atoms with Crippen LogP contribution in [0.2, 0.25) is 0 Å². The fraction of sp³-hybridized carbons (Fsp3) is 0.214. The molecule has 6 aromatic heterocycles. The van der Waals surface area contributed by atoms with Crippen LogP contribution in [0.25, 0.3) is 56.1 Å². The fourth-order valence-corrected chi connectivity index (χ4v) is 5.11. The molecule has 39 heavy (non-hydrogen) atoms. The van der Waals surface area contributed by atoms with Crippen molar-refractivity contribution in [3.63, 3.8) is 0 Å². The van der Waals surface area contributed by atoms with Gasteiger partial charge in [-0.2, -0.15) is 5.10 Å². The second kappa shape index (κ2) is 9.76. The first-order chi connectivity index (χ1) is 19.2. The highest BCUT2D eigenvalue weighted by Gasteiger charge is 2.19. The minimum absolute atomic E-state index is 0.00895. The minimum atomic E-state index is 0.00895. The summed E-state index contributed by atoms with van der Waals surface area (Å²) in [6.07, 6.45) is 11.0. The van der Waals surface area contributed by atoms with E-state index in [1.807, 2.05) is 30.3 Å².